The fourth-order valence-electron chi connectivity index (χ4n) is 1.64. The van der Waals surface area contributed by atoms with Gasteiger partial charge in [0.2, 0.25) is 5.91 Å². The standard InChI is InChI=1S/C14H15NO3/c1-10-8-12(11(2)18-10)9-15-14(16)6-5-13-4-3-7-17-13/h3-8H,9H2,1-2H3,(H,15,16)/b6-5+. The van der Waals surface area contributed by atoms with Crippen molar-refractivity contribution in [3.8, 4) is 0 Å². The molecule has 0 unspecified atom stereocenters. The van der Waals surface area contributed by atoms with Crippen molar-refractivity contribution in [3.63, 3.8) is 0 Å². The predicted octanol–water partition coefficient (Wildman–Crippen LogP) is 2.82. The Morgan fingerprint density at radius 2 is 2.28 bits per heavy atom. The zero-order chi connectivity index (χ0) is 13.0. The van der Waals surface area contributed by atoms with Crippen LogP contribution in [-0.2, 0) is 11.3 Å². The van der Waals surface area contributed by atoms with E-state index in [1.165, 1.54) is 6.08 Å². The molecule has 4 nitrogen and oxygen atoms in total. The molecule has 18 heavy (non-hydrogen) atoms. The Balaban J connectivity index is 1.87. The Hall–Kier alpha value is -2.23. The molecule has 1 amide bonds. The minimum Gasteiger partial charge on any atom is -0.466 e. The number of aryl methyl sites for hydroxylation is 2. The number of rotatable bonds is 4. The smallest absolute Gasteiger partial charge is 0.244 e. The first-order chi connectivity index (χ1) is 8.65. The maximum Gasteiger partial charge on any atom is 0.244 e. The average Bonchev–Trinajstić information content (AvgIpc) is 2.94. The van der Waals surface area contributed by atoms with Crippen LogP contribution in [0.1, 0.15) is 22.8 Å². The number of carbonyl (C=O) groups excluding carboxylic acids is 1. The van der Waals surface area contributed by atoms with Crippen LogP contribution in [0.25, 0.3) is 6.08 Å². The van der Waals surface area contributed by atoms with Crippen molar-refractivity contribution in [2.24, 2.45) is 0 Å². The first kappa shape index (κ1) is 12.2. The van der Waals surface area contributed by atoms with Crippen LogP contribution in [0.4, 0.5) is 0 Å². The molecule has 0 saturated heterocycles. The number of amides is 1. The summed E-state index contributed by atoms with van der Waals surface area (Å²) in [5.74, 6) is 2.18. The second-order valence-electron chi connectivity index (χ2n) is 4.01. The molecule has 0 spiro atoms. The van der Waals surface area contributed by atoms with Gasteiger partial charge in [-0.25, -0.2) is 0 Å². The molecule has 2 heterocycles. The molecule has 2 aromatic heterocycles. The number of carbonyl (C=O) groups is 1. The van der Waals surface area contributed by atoms with Gasteiger partial charge in [0.05, 0.1) is 6.26 Å². The molecule has 0 saturated carbocycles. The van der Waals surface area contributed by atoms with E-state index in [0.717, 1.165) is 17.1 Å². The summed E-state index contributed by atoms with van der Waals surface area (Å²) < 4.78 is 10.5. The molecule has 4 heteroatoms. The van der Waals surface area contributed by atoms with Crippen molar-refractivity contribution in [2.75, 3.05) is 0 Å². The quantitative estimate of drug-likeness (QED) is 0.843. The van der Waals surface area contributed by atoms with Crippen LogP contribution >= 0.6 is 0 Å². The van der Waals surface area contributed by atoms with Gasteiger partial charge in [-0.3, -0.25) is 4.79 Å². The van der Waals surface area contributed by atoms with Gasteiger partial charge in [0.25, 0.3) is 0 Å². The van der Waals surface area contributed by atoms with Crippen LogP contribution in [0.3, 0.4) is 0 Å². The van der Waals surface area contributed by atoms with Crippen LogP contribution in [0, 0.1) is 13.8 Å². The fraction of sp³-hybridized carbons (Fsp3) is 0.214. The average molecular weight is 245 g/mol. The van der Waals surface area contributed by atoms with Crippen molar-refractivity contribution in [1.29, 1.82) is 0 Å². The van der Waals surface area contributed by atoms with E-state index in [9.17, 15) is 4.79 Å². The first-order valence-corrected chi connectivity index (χ1v) is 5.70. The molecule has 1 N–H and O–H groups in total. The molecule has 2 rings (SSSR count). The van der Waals surface area contributed by atoms with Crippen LogP contribution in [0.5, 0.6) is 0 Å². The maximum absolute atomic E-state index is 11.6. The van der Waals surface area contributed by atoms with Gasteiger partial charge in [-0.15, -0.1) is 0 Å². The molecule has 0 radical (unpaired) electrons. The summed E-state index contributed by atoms with van der Waals surface area (Å²) in [6.07, 6.45) is 4.64. The van der Waals surface area contributed by atoms with Gasteiger partial charge in [-0.2, -0.15) is 0 Å². The second-order valence-corrected chi connectivity index (χ2v) is 4.01. The Morgan fingerprint density at radius 1 is 1.44 bits per heavy atom. The predicted molar refractivity (Wildman–Crippen MR) is 67.8 cm³/mol. The third kappa shape index (κ3) is 3.13. The fourth-order valence-corrected chi connectivity index (χ4v) is 1.64. The van der Waals surface area contributed by atoms with E-state index in [0.29, 0.717) is 12.3 Å². The maximum atomic E-state index is 11.6. The van der Waals surface area contributed by atoms with Crippen molar-refractivity contribution in [1.82, 2.24) is 5.32 Å². The first-order valence-electron chi connectivity index (χ1n) is 5.70. The Morgan fingerprint density at radius 3 is 2.89 bits per heavy atom. The lowest BCUT2D eigenvalue weighted by Gasteiger charge is -1.99. The number of nitrogens with one attached hydrogen (secondary N) is 1. The van der Waals surface area contributed by atoms with Crippen LogP contribution in [0.15, 0.2) is 39.4 Å². The second kappa shape index (κ2) is 5.40. The Bertz CT molecular complexity index is 550. The van der Waals surface area contributed by atoms with Crippen molar-refractivity contribution in [3.05, 3.63) is 53.4 Å². The molecule has 0 aliphatic rings. The lowest BCUT2D eigenvalue weighted by atomic mass is 10.2. The molecule has 0 aliphatic heterocycles. The van der Waals surface area contributed by atoms with Gasteiger partial charge in [-0.05, 0) is 38.1 Å². The molecular weight excluding hydrogens is 230 g/mol. The van der Waals surface area contributed by atoms with Gasteiger partial charge in [0.1, 0.15) is 17.3 Å². The molecule has 94 valence electrons. The van der Waals surface area contributed by atoms with Gasteiger partial charge in [0.15, 0.2) is 0 Å². The van der Waals surface area contributed by atoms with Crippen LogP contribution < -0.4 is 5.32 Å². The highest BCUT2D eigenvalue weighted by molar-refractivity contribution is 5.91. The Labute approximate surface area is 105 Å². The molecule has 2 aromatic rings. The summed E-state index contributed by atoms with van der Waals surface area (Å²) in [5.41, 5.74) is 0.993. The van der Waals surface area contributed by atoms with E-state index in [4.69, 9.17) is 8.83 Å². The minimum absolute atomic E-state index is 0.162. The molecular formula is C14H15NO3. The molecule has 0 atom stereocenters. The topological polar surface area (TPSA) is 55.4 Å². The highest BCUT2D eigenvalue weighted by atomic mass is 16.3. The van der Waals surface area contributed by atoms with Gasteiger partial charge < -0.3 is 14.2 Å². The summed E-state index contributed by atoms with van der Waals surface area (Å²) in [4.78, 5) is 11.6. The normalized spacial score (nSPS) is 11.0. The van der Waals surface area contributed by atoms with E-state index in [2.05, 4.69) is 5.32 Å². The Kier molecular flexibility index (Phi) is 3.67. The van der Waals surface area contributed by atoms with Crippen molar-refractivity contribution in [2.45, 2.75) is 20.4 Å². The highest BCUT2D eigenvalue weighted by Gasteiger charge is 2.05. The number of hydrogen-bond donors (Lipinski definition) is 1. The van der Waals surface area contributed by atoms with E-state index >= 15 is 0 Å². The molecule has 0 aliphatic carbocycles. The lowest BCUT2D eigenvalue weighted by molar-refractivity contribution is -0.116. The zero-order valence-corrected chi connectivity index (χ0v) is 10.4. The molecule has 0 aromatic carbocycles. The van der Waals surface area contributed by atoms with E-state index in [1.54, 1.807) is 24.5 Å². The summed E-state index contributed by atoms with van der Waals surface area (Å²) in [6, 6.07) is 5.48. The van der Waals surface area contributed by atoms with Crippen LogP contribution in [0.2, 0.25) is 0 Å². The van der Waals surface area contributed by atoms with E-state index < -0.39 is 0 Å². The zero-order valence-electron chi connectivity index (χ0n) is 10.4. The number of hydrogen-bond acceptors (Lipinski definition) is 3. The summed E-state index contributed by atoms with van der Waals surface area (Å²) in [6.45, 7) is 4.23. The van der Waals surface area contributed by atoms with E-state index in [1.807, 2.05) is 19.9 Å². The van der Waals surface area contributed by atoms with E-state index in [-0.39, 0.29) is 5.91 Å². The largest absolute Gasteiger partial charge is 0.466 e. The molecule has 0 fully saturated rings. The van der Waals surface area contributed by atoms with Crippen molar-refractivity contribution < 1.29 is 13.6 Å². The minimum atomic E-state index is -0.162. The summed E-state index contributed by atoms with van der Waals surface area (Å²) in [7, 11) is 0. The van der Waals surface area contributed by atoms with Gasteiger partial charge in [-0.1, -0.05) is 0 Å². The third-order valence-corrected chi connectivity index (χ3v) is 2.54. The summed E-state index contributed by atoms with van der Waals surface area (Å²) in [5, 5.41) is 2.79. The number of furan rings is 2. The third-order valence-electron chi connectivity index (χ3n) is 2.54. The SMILES string of the molecule is Cc1cc(CNC(=O)/C=C/c2ccco2)c(C)o1. The van der Waals surface area contributed by atoms with Gasteiger partial charge in [0, 0.05) is 18.2 Å². The highest BCUT2D eigenvalue weighted by Crippen LogP contribution is 2.13. The van der Waals surface area contributed by atoms with Crippen molar-refractivity contribution >= 4 is 12.0 Å². The lowest BCUT2D eigenvalue weighted by Crippen LogP contribution is -2.20. The monoisotopic (exact) mass is 245 g/mol. The van der Waals surface area contributed by atoms with Crippen LogP contribution in [-0.4, -0.2) is 5.91 Å². The van der Waals surface area contributed by atoms with Gasteiger partial charge >= 0.3 is 0 Å². The summed E-state index contributed by atoms with van der Waals surface area (Å²) >= 11 is 0. The molecule has 0 bridgehead atoms.